The number of rotatable bonds is 5. The zero-order chi connectivity index (χ0) is 21.7. The highest BCUT2D eigenvalue weighted by molar-refractivity contribution is 7.88. The Balaban J connectivity index is 1.53. The van der Waals surface area contributed by atoms with E-state index in [1.807, 2.05) is 6.07 Å². The second kappa shape index (κ2) is 7.42. The zero-order valence-electron chi connectivity index (χ0n) is 16.9. The van der Waals surface area contributed by atoms with E-state index in [0.717, 1.165) is 11.8 Å². The Kier molecular flexibility index (Phi) is 5.18. The van der Waals surface area contributed by atoms with Gasteiger partial charge in [0.15, 0.2) is 0 Å². The lowest BCUT2D eigenvalue weighted by Crippen LogP contribution is -2.48. The second-order valence-corrected chi connectivity index (χ2v) is 10.3. The SMILES string of the molecule is C[C@@]1(NS(C)(=O)=O)CCN(C(=O)[C@@H]2C[C@H]2c2ccccc2-c2c(F)cccc2F)C1. The zero-order valence-corrected chi connectivity index (χ0v) is 17.7. The lowest BCUT2D eigenvalue weighted by atomic mass is 9.95. The third-order valence-electron chi connectivity index (χ3n) is 5.92. The smallest absolute Gasteiger partial charge is 0.226 e. The van der Waals surface area contributed by atoms with Crippen molar-refractivity contribution >= 4 is 15.9 Å². The van der Waals surface area contributed by atoms with Crippen molar-refractivity contribution in [1.29, 1.82) is 0 Å². The van der Waals surface area contributed by atoms with Crippen molar-refractivity contribution in [2.75, 3.05) is 19.3 Å². The van der Waals surface area contributed by atoms with Crippen LogP contribution >= 0.6 is 0 Å². The van der Waals surface area contributed by atoms with Gasteiger partial charge in [-0.15, -0.1) is 0 Å². The fourth-order valence-corrected chi connectivity index (χ4v) is 5.59. The van der Waals surface area contributed by atoms with E-state index in [2.05, 4.69) is 4.72 Å². The second-order valence-electron chi connectivity index (χ2n) is 8.58. The van der Waals surface area contributed by atoms with Gasteiger partial charge >= 0.3 is 0 Å². The lowest BCUT2D eigenvalue weighted by Gasteiger charge is -2.25. The summed E-state index contributed by atoms with van der Waals surface area (Å²) in [6.45, 7) is 2.58. The molecule has 1 saturated carbocycles. The number of hydrogen-bond acceptors (Lipinski definition) is 3. The lowest BCUT2D eigenvalue weighted by molar-refractivity contribution is -0.131. The minimum Gasteiger partial charge on any atom is -0.340 e. The van der Waals surface area contributed by atoms with Gasteiger partial charge in [-0.2, -0.15) is 0 Å². The Morgan fingerprint density at radius 1 is 1.13 bits per heavy atom. The number of likely N-dealkylation sites (tertiary alicyclic amines) is 1. The van der Waals surface area contributed by atoms with Crippen molar-refractivity contribution < 1.29 is 22.0 Å². The largest absolute Gasteiger partial charge is 0.340 e. The molecule has 1 amide bonds. The Morgan fingerprint density at radius 3 is 2.47 bits per heavy atom. The predicted octanol–water partition coefficient (Wildman–Crippen LogP) is 3.28. The molecule has 8 heteroatoms. The number of halogens is 2. The molecule has 2 aromatic rings. The van der Waals surface area contributed by atoms with Crippen LogP contribution in [0.3, 0.4) is 0 Å². The van der Waals surface area contributed by atoms with Crippen LogP contribution in [0.25, 0.3) is 11.1 Å². The molecular formula is C22H24F2N2O3S. The number of sulfonamides is 1. The number of nitrogens with one attached hydrogen (secondary N) is 1. The van der Waals surface area contributed by atoms with Gasteiger partial charge < -0.3 is 4.90 Å². The number of carbonyl (C=O) groups excluding carboxylic acids is 1. The fraction of sp³-hybridized carbons (Fsp3) is 0.409. The van der Waals surface area contributed by atoms with Crippen LogP contribution in [0.1, 0.15) is 31.2 Å². The van der Waals surface area contributed by atoms with Crippen molar-refractivity contribution in [3.05, 3.63) is 59.7 Å². The van der Waals surface area contributed by atoms with Crippen LogP contribution in [0.5, 0.6) is 0 Å². The van der Waals surface area contributed by atoms with E-state index in [1.54, 1.807) is 30.0 Å². The number of nitrogens with zero attached hydrogens (tertiary/aromatic N) is 1. The van der Waals surface area contributed by atoms with E-state index < -0.39 is 27.2 Å². The summed E-state index contributed by atoms with van der Waals surface area (Å²) in [5.41, 5.74) is 0.480. The molecule has 2 fully saturated rings. The summed E-state index contributed by atoms with van der Waals surface area (Å²) < 4.78 is 54.5. The van der Waals surface area contributed by atoms with Gasteiger partial charge in [0.1, 0.15) is 11.6 Å². The van der Waals surface area contributed by atoms with E-state index in [0.29, 0.717) is 31.5 Å². The molecule has 0 radical (unpaired) electrons. The molecule has 4 rings (SSSR count). The Labute approximate surface area is 175 Å². The molecule has 160 valence electrons. The van der Waals surface area contributed by atoms with Gasteiger partial charge in [0.05, 0.1) is 11.8 Å². The van der Waals surface area contributed by atoms with Gasteiger partial charge in [0, 0.05) is 24.5 Å². The number of benzene rings is 2. The molecule has 0 aromatic heterocycles. The first-order chi connectivity index (χ1) is 14.1. The summed E-state index contributed by atoms with van der Waals surface area (Å²) in [5, 5.41) is 0. The quantitative estimate of drug-likeness (QED) is 0.786. The minimum absolute atomic E-state index is 0.0390. The first-order valence-corrected chi connectivity index (χ1v) is 11.8. The van der Waals surface area contributed by atoms with Crippen molar-refractivity contribution in [3.8, 4) is 11.1 Å². The average molecular weight is 435 g/mol. The van der Waals surface area contributed by atoms with Crippen LogP contribution in [-0.2, 0) is 14.8 Å². The summed E-state index contributed by atoms with van der Waals surface area (Å²) in [4.78, 5) is 14.7. The van der Waals surface area contributed by atoms with E-state index >= 15 is 0 Å². The molecule has 0 unspecified atom stereocenters. The molecule has 1 heterocycles. The van der Waals surface area contributed by atoms with Crippen LogP contribution < -0.4 is 4.72 Å². The first-order valence-electron chi connectivity index (χ1n) is 9.89. The number of amides is 1. The Morgan fingerprint density at radius 2 is 1.80 bits per heavy atom. The summed E-state index contributed by atoms with van der Waals surface area (Å²) in [7, 11) is -3.38. The molecule has 2 aromatic carbocycles. The molecule has 30 heavy (non-hydrogen) atoms. The van der Waals surface area contributed by atoms with Crippen LogP contribution in [0.4, 0.5) is 8.78 Å². The van der Waals surface area contributed by atoms with Crippen LogP contribution in [0, 0.1) is 17.6 Å². The van der Waals surface area contributed by atoms with Crippen molar-refractivity contribution in [1.82, 2.24) is 9.62 Å². The average Bonchev–Trinajstić information content (AvgIpc) is 3.36. The molecular weight excluding hydrogens is 410 g/mol. The van der Waals surface area contributed by atoms with Gasteiger partial charge in [0.2, 0.25) is 15.9 Å². The Bertz CT molecular complexity index is 1090. The maximum Gasteiger partial charge on any atom is 0.226 e. The fourth-order valence-electron chi connectivity index (χ4n) is 4.53. The van der Waals surface area contributed by atoms with Gasteiger partial charge in [-0.25, -0.2) is 21.9 Å². The van der Waals surface area contributed by atoms with Gasteiger partial charge in [0.25, 0.3) is 0 Å². The monoisotopic (exact) mass is 434 g/mol. The van der Waals surface area contributed by atoms with E-state index in [-0.39, 0.29) is 23.3 Å². The van der Waals surface area contributed by atoms with Gasteiger partial charge in [-0.05, 0) is 48.9 Å². The van der Waals surface area contributed by atoms with Crippen LogP contribution in [0.2, 0.25) is 0 Å². The van der Waals surface area contributed by atoms with E-state index in [9.17, 15) is 22.0 Å². The van der Waals surface area contributed by atoms with Crippen molar-refractivity contribution in [2.24, 2.45) is 5.92 Å². The number of carbonyl (C=O) groups is 1. The first kappa shape index (κ1) is 20.9. The topological polar surface area (TPSA) is 66.5 Å². The maximum atomic E-state index is 14.4. The summed E-state index contributed by atoms with van der Waals surface area (Å²) >= 11 is 0. The molecule has 2 aliphatic rings. The molecule has 1 aliphatic carbocycles. The van der Waals surface area contributed by atoms with Crippen LogP contribution in [-0.4, -0.2) is 44.1 Å². The summed E-state index contributed by atoms with van der Waals surface area (Å²) in [5.74, 6) is -1.67. The Hall–Kier alpha value is -2.32. The molecule has 1 saturated heterocycles. The van der Waals surface area contributed by atoms with Crippen molar-refractivity contribution in [2.45, 2.75) is 31.2 Å². The summed E-state index contributed by atoms with van der Waals surface area (Å²) in [6, 6.07) is 10.8. The third kappa shape index (κ3) is 4.11. The standard InChI is InChI=1S/C22H24F2N2O3S/c1-22(25-30(2,28)29)10-11-26(13-22)21(27)17-12-16(17)14-6-3-4-7-15(14)20-18(23)8-5-9-19(20)24/h3-9,16-17,25H,10-13H2,1-2H3/t16-,17+,22+/m0/s1. The van der Waals surface area contributed by atoms with Gasteiger partial charge in [-0.1, -0.05) is 30.3 Å². The molecule has 0 spiro atoms. The molecule has 3 atom stereocenters. The normalized spacial score (nSPS) is 26.1. The van der Waals surface area contributed by atoms with Gasteiger partial charge in [-0.3, -0.25) is 4.79 Å². The van der Waals surface area contributed by atoms with E-state index in [4.69, 9.17) is 0 Å². The third-order valence-corrected chi connectivity index (χ3v) is 6.78. The highest BCUT2D eigenvalue weighted by atomic mass is 32.2. The summed E-state index contributed by atoms with van der Waals surface area (Å²) in [6.07, 6.45) is 2.26. The highest BCUT2D eigenvalue weighted by Crippen LogP contribution is 2.52. The minimum atomic E-state index is -3.38. The highest BCUT2D eigenvalue weighted by Gasteiger charge is 2.49. The predicted molar refractivity (Wildman–Crippen MR) is 110 cm³/mol. The van der Waals surface area contributed by atoms with E-state index in [1.165, 1.54) is 18.2 Å². The molecule has 5 nitrogen and oxygen atoms in total. The molecule has 1 N–H and O–H groups in total. The number of hydrogen-bond donors (Lipinski definition) is 1. The maximum absolute atomic E-state index is 14.4. The molecule has 1 aliphatic heterocycles. The van der Waals surface area contributed by atoms with Crippen molar-refractivity contribution in [3.63, 3.8) is 0 Å². The molecule has 0 bridgehead atoms. The van der Waals surface area contributed by atoms with Crippen LogP contribution in [0.15, 0.2) is 42.5 Å².